The van der Waals surface area contributed by atoms with Crippen LogP contribution in [0.3, 0.4) is 0 Å². The Labute approximate surface area is 130 Å². The first-order valence-electron chi connectivity index (χ1n) is 7.41. The van der Waals surface area contributed by atoms with Crippen LogP contribution in [0.25, 0.3) is 0 Å². The molecule has 0 saturated carbocycles. The summed E-state index contributed by atoms with van der Waals surface area (Å²) in [7, 11) is 2.15. The molecule has 21 heavy (non-hydrogen) atoms. The molecule has 0 amide bonds. The van der Waals surface area contributed by atoms with E-state index in [1.54, 1.807) is 11.3 Å². The summed E-state index contributed by atoms with van der Waals surface area (Å²) in [5.74, 6) is 0. The molecule has 1 aromatic carbocycles. The lowest BCUT2D eigenvalue weighted by Crippen LogP contribution is -2.36. The van der Waals surface area contributed by atoms with Gasteiger partial charge < -0.3 is 15.1 Å². The second-order valence-corrected chi connectivity index (χ2v) is 6.80. The molecule has 0 atom stereocenters. The second-order valence-electron chi connectivity index (χ2n) is 5.71. The number of hydrogen-bond donors (Lipinski definition) is 1. The molecule has 2 aromatic rings. The van der Waals surface area contributed by atoms with Gasteiger partial charge >= 0.3 is 0 Å². The summed E-state index contributed by atoms with van der Waals surface area (Å²) in [5.41, 5.74) is 2.53. The van der Waals surface area contributed by atoms with E-state index >= 15 is 0 Å². The summed E-state index contributed by atoms with van der Waals surface area (Å²) in [6.07, 6.45) is 2.00. The van der Waals surface area contributed by atoms with Crippen LogP contribution in [0, 0.1) is 0 Å². The molecule has 1 N–H and O–H groups in total. The van der Waals surface area contributed by atoms with Gasteiger partial charge in [0, 0.05) is 43.8 Å². The lowest BCUT2D eigenvalue weighted by atomic mass is 10.2. The smallest absolute Gasteiger partial charge is 0.190 e. The molecule has 5 heteroatoms. The summed E-state index contributed by atoms with van der Waals surface area (Å²) in [4.78, 5) is 10.6. The predicted octanol–water partition coefficient (Wildman–Crippen LogP) is 3.23. The number of aromatic nitrogens is 1. The van der Waals surface area contributed by atoms with Crippen LogP contribution in [0.15, 0.2) is 30.5 Å². The third kappa shape index (κ3) is 3.04. The van der Waals surface area contributed by atoms with Crippen LogP contribution >= 0.6 is 11.3 Å². The summed E-state index contributed by atoms with van der Waals surface area (Å²) in [6, 6.07) is 9.05. The first-order valence-corrected chi connectivity index (χ1v) is 8.22. The number of anilines is 3. The summed E-state index contributed by atoms with van der Waals surface area (Å²) >= 11 is 1.78. The van der Waals surface area contributed by atoms with Gasteiger partial charge in [0.1, 0.15) is 0 Å². The van der Waals surface area contributed by atoms with Gasteiger partial charge in [-0.15, -0.1) is 11.3 Å². The fourth-order valence-electron chi connectivity index (χ4n) is 2.51. The number of hydrogen-bond acceptors (Lipinski definition) is 5. The number of fused-ring (bicyclic) bond motifs is 1. The Kier molecular flexibility index (Phi) is 4.12. The van der Waals surface area contributed by atoms with Crippen molar-refractivity contribution >= 4 is 27.8 Å². The first-order chi connectivity index (χ1) is 10.1. The van der Waals surface area contributed by atoms with Gasteiger partial charge in [-0.2, -0.15) is 0 Å². The predicted molar refractivity (Wildman–Crippen MR) is 90.8 cm³/mol. The van der Waals surface area contributed by atoms with E-state index in [-0.39, 0.29) is 0 Å². The number of benzene rings is 1. The molecule has 2 heterocycles. The average Bonchev–Trinajstić information content (AvgIpc) is 2.94. The van der Waals surface area contributed by atoms with Crippen LogP contribution in [0.5, 0.6) is 0 Å². The molecule has 0 spiro atoms. The molecule has 1 aliphatic heterocycles. The monoisotopic (exact) mass is 302 g/mol. The van der Waals surface area contributed by atoms with Crippen LogP contribution in [0.1, 0.15) is 18.7 Å². The van der Waals surface area contributed by atoms with E-state index in [4.69, 9.17) is 0 Å². The highest BCUT2D eigenvalue weighted by molar-refractivity contribution is 7.15. The Morgan fingerprint density at radius 1 is 1.24 bits per heavy atom. The Balaban J connectivity index is 1.83. The fraction of sp³-hybridized carbons (Fsp3) is 0.438. The number of rotatable bonds is 4. The third-order valence-electron chi connectivity index (χ3n) is 3.70. The average molecular weight is 302 g/mol. The second kappa shape index (κ2) is 6.03. The van der Waals surface area contributed by atoms with E-state index in [2.05, 4.69) is 65.3 Å². The lowest BCUT2D eigenvalue weighted by Gasteiger charge is -2.35. The van der Waals surface area contributed by atoms with Crippen molar-refractivity contribution in [2.45, 2.75) is 26.4 Å². The topological polar surface area (TPSA) is 31.4 Å². The van der Waals surface area contributed by atoms with Crippen molar-refractivity contribution in [2.75, 3.05) is 29.9 Å². The van der Waals surface area contributed by atoms with Crippen LogP contribution in [-0.4, -0.2) is 31.2 Å². The molecule has 1 aliphatic rings. The molecule has 0 unspecified atom stereocenters. The summed E-state index contributed by atoms with van der Waals surface area (Å²) < 4.78 is 0. The van der Waals surface area contributed by atoms with E-state index in [9.17, 15) is 0 Å². The first kappa shape index (κ1) is 14.4. The molecule has 0 aliphatic carbocycles. The van der Waals surface area contributed by atoms with Gasteiger partial charge in [0.25, 0.3) is 0 Å². The van der Waals surface area contributed by atoms with Crippen molar-refractivity contribution in [1.29, 1.82) is 0 Å². The molecule has 0 radical (unpaired) electrons. The largest absolute Gasteiger partial charge is 0.371 e. The Bertz CT molecular complexity index is 608. The lowest BCUT2D eigenvalue weighted by molar-refractivity contribution is 0.593. The standard InChI is InChI=1S/C16H22N4S/c1-12(2)17-10-13-11-18-16(21-13)20-9-8-19(3)14-6-4-5-7-15(14)20/h4-7,11-12,17H,8-10H2,1-3H3. The van der Waals surface area contributed by atoms with Gasteiger partial charge in [-0.05, 0) is 12.1 Å². The normalized spacial score (nSPS) is 14.7. The minimum Gasteiger partial charge on any atom is -0.371 e. The van der Waals surface area contributed by atoms with Crippen molar-refractivity contribution in [3.63, 3.8) is 0 Å². The molecular weight excluding hydrogens is 280 g/mol. The van der Waals surface area contributed by atoms with Crippen molar-refractivity contribution < 1.29 is 0 Å². The molecule has 3 rings (SSSR count). The van der Waals surface area contributed by atoms with Crippen LogP contribution in [0.2, 0.25) is 0 Å². The Morgan fingerprint density at radius 2 is 2.00 bits per heavy atom. The van der Waals surface area contributed by atoms with Crippen molar-refractivity contribution in [1.82, 2.24) is 10.3 Å². The molecule has 0 fully saturated rings. The molecule has 4 nitrogen and oxygen atoms in total. The quantitative estimate of drug-likeness (QED) is 0.939. The number of thiazole rings is 1. The van der Waals surface area contributed by atoms with Crippen LogP contribution in [0.4, 0.5) is 16.5 Å². The number of nitrogens with zero attached hydrogens (tertiary/aromatic N) is 3. The highest BCUT2D eigenvalue weighted by atomic mass is 32.1. The maximum Gasteiger partial charge on any atom is 0.190 e. The van der Waals surface area contributed by atoms with Gasteiger partial charge in [0.15, 0.2) is 5.13 Å². The van der Waals surface area contributed by atoms with Crippen LogP contribution in [-0.2, 0) is 6.54 Å². The Hall–Kier alpha value is -1.59. The summed E-state index contributed by atoms with van der Waals surface area (Å²) in [5, 5.41) is 4.54. The molecule has 1 aromatic heterocycles. The van der Waals surface area contributed by atoms with Gasteiger partial charge in [-0.3, -0.25) is 0 Å². The molecule has 112 valence electrons. The van der Waals surface area contributed by atoms with Crippen molar-refractivity contribution in [2.24, 2.45) is 0 Å². The van der Waals surface area contributed by atoms with Gasteiger partial charge in [0.05, 0.1) is 11.4 Å². The third-order valence-corrected chi connectivity index (χ3v) is 4.72. The highest BCUT2D eigenvalue weighted by Crippen LogP contribution is 2.38. The zero-order valence-corrected chi connectivity index (χ0v) is 13.7. The summed E-state index contributed by atoms with van der Waals surface area (Å²) in [6.45, 7) is 7.23. The van der Waals surface area contributed by atoms with E-state index in [0.717, 1.165) is 24.8 Å². The zero-order chi connectivity index (χ0) is 14.8. The maximum atomic E-state index is 4.63. The SMILES string of the molecule is CC(C)NCc1cnc(N2CCN(C)c3ccccc32)s1. The minimum absolute atomic E-state index is 0.500. The minimum atomic E-state index is 0.500. The highest BCUT2D eigenvalue weighted by Gasteiger charge is 2.22. The molecule has 0 bridgehead atoms. The van der Waals surface area contributed by atoms with E-state index in [0.29, 0.717) is 6.04 Å². The zero-order valence-electron chi connectivity index (χ0n) is 12.8. The van der Waals surface area contributed by atoms with Gasteiger partial charge in [-0.1, -0.05) is 26.0 Å². The molecular formula is C16H22N4S. The van der Waals surface area contributed by atoms with Crippen LogP contribution < -0.4 is 15.1 Å². The van der Waals surface area contributed by atoms with E-state index in [1.165, 1.54) is 16.3 Å². The van der Waals surface area contributed by atoms with E-state index < -0.39 is 0 Å². The van der Waals surface area contributed by atoms with Crippen molar-refractivity contribution in [3.8, 4) is 0 Å². The number of nitrogens with one attached hydrogen (secondary N) is 1. The maximum absolute atomic E-state index is 4.63. The molecule has 0 saturated heterocycles. The number of para-hydroxylation sites is 2. The van der Waals surface area contributed by atoms with Gasteiger partial charge in [-0.25, -0.2) is 4.98 Å². The van der Waals surface area contributed by atoms with Crippen molar-refractivity contribution in [3.05, 3.63) is 35.3 Å². The Morgan fingerprint density at radius 3 is 2.76 bits per heavy atom. The number of likely N-dealkylation sites (N-methyl/N-ethyl adjacent to an activating group) is 1. The van der Waals surface area contributed by atoms with Gasteiger partial charge in [0.2, 0.25) is 0 Å². The fourth-order valence-corrected chi connectivity index (χ4v) is 3.41. The van der Waals surface area contributed by atoms with E-state index in [1.807, 2.05) is 6.20 Å².